The zero-order valence-corrected chi connectivity index (χ0v) is 11.1. The lowest BCUT2D eigenvalue weighted by molar-refractivity contribution is 0.265. The minimum absolute atomic E-state index is 0.220. The van der Waals surface area contributed by atoms with Crippen LogP contribution in [0.25, 0.3) is 0 Å². The number of halogens is 1. The number of benzene rings is 1. The molecule has 0 saturated carbocycles. The highest BCUT2D eigenvalue weighted by atomic mass is 127. The molecule has 1 atom stereocenters. The van der Waals surface area contributed by atoms with E-state index < -0.39 is 16.1 Å². The summed E-state index contributed by atoms with van der Waals surface area (Å²) in [7, 11) is -3.52. The fourth-order valence-corrected chi connectivity index (χ4v) is 3.60. The molecular weight excluding hydrogens is 329 g/mol. The predicted molar refractivity (Wildman–Crippen MR) is 66.0 cm³/mol. The van der Waals surface area contributed by atoms with Gasteiger partial charge in [-0.15, -0.1) is 0 Å². The minimum Gasteiger partial charge on any atom is -0.395 e. The normalized spacial score (nSPS) is 13.8. The number of nitrogens with one attached hydrogen (secondary N) is 1. The first kappa shape index (κ1) is 12.9. The van der Waals surface area contributed by atoms with Crippen LogP contribution in [0.2, 0.25) is 0 Å². The summed E-state index contributed by atoms with van der Waals surface area (Å²) in [5.74, 6) is 0. The van der Waals surface area contributed by atoms with E-state index in [0.29, 0.717) is 3.57 Å². The zero-order valence-electron chi connectivity index (χ0n) is 8.14. The van der Waals surface area contributed by atoms with Crippen LogP contribution in [-0.2, 0) is 10.0 Å². The van der Waals surface area contributed by atoms with Gasteiger partial charge >= 0.3 is 0 Å². The Balaban J connectivity index is 3.02. The fourth-order valence-electron chi connectivity index (χ4n) is 1.03. The Hall–Kier alpha value is -0.180. The van der Waals surface area contributed by atoms with Gasteiger partial charge in [0.05, 0.1) is 11.5 Å². The average Bonchev–Trinajstić information content (AvgIpc) is 2.17. The van der Waals surface area contributed by atoms with Gasteiger partial charge in [0, 0.05) is 9.61 Å². The third kappa shape index (κ3) is 3.40. The number of aliphatic hydroxyl groups is 1. The Labute approximate surface area is 103 Å². The molecule has 1 rings (SSSR count). The molecule has 0 radical (unpaired) electrons. The maximum absolute atomic E-state index is 11.8. The second-order valence-electron chi connectivity index (χ2n) is 3.14. The Bertz CT molecular complexity index is 433. The second kappa shape index (κ2) is 5.24. The van der Waals surface area contributed by atoms with Crippen LogP contribution in [0.4, 0.5) is 0 Å². The lowest BCUT2D eigenvalue weighted by Gasteiger charge is -2.12. The van der Waals surface area contributed by atoms with Crippen molar-refractivity contribution < 1.29 is 13.5 Å². The molecule has 0 fully saturated rings. The molecule has 0 aromatic heterocycles. The van der Waals surface area contributed by atoms with Crippen molar-refractivity contribution in [3.63, 3.8) is 0 Å². The van der Waals surface area contributed by atoms with E-state index >= 15 is 0 Å². The van der Waals surface area contributed by atoms with E-state index in [2.05, 4.69) is 4.72 Å². The van der Waals surface area contributed by atoms with Gasteiger partial charge in [-0.3, -0.25) is 0 Å². The van der Waals surface area contributed by atoms with E-state index in [9.17, 15) is 8.42 Å². The third-order valence-corrected chi connectivity index (χ3v) is 4.71. The van der Waals surface area contributed by atoms with E-state index in [1.165, 1.54) is 6.07 Å². The van der Waals surface area contributed by atoms with Gasteiger partial charge in [-0.1, -0.05) is 12.1 Å². The second-order valence-corrected chi connectivity index (χ2v) is 5.98. The van der Waals surface area contributed by atoms with Gasteiger partial charge in [-0.2, -0.15) is 0 Å². The van der Waals surface area contributed by atoms with Crippen LogP contribution in [0, 0.1) is 3.57 Å². The van der Waals surface area contributed by atoms with E-state index in [1.807, 2.05) is 22.6 Å². The largest absolute Gasteiger partial charge is 0.395 e. The molecule has 6 heteroatoms. The highest BCUT2D eigenvalue weighted by Crippen LogP contribution is 2.17. The summed E-state index contributed by atoms with van der Waals surface area (Å²) >= 11 is 1.96. The van der Waals surface area contributed by atoms with Crippen LogP contribution in [-0.4, -0.2) is 26.2 Å². The van der Waals surface area contributed by atoms with Crippen LogP contribution < -0.4 is 4.72 Å². The number of hydrogen-bond donors (Lipinski definition) is 2. The van der Waals surface area contributed by atoms with E-state index in [4.69, 9.17) is 5.11 Å². The van der Waals surface area contributed by atoms with Crippen molar-refractivity contribution in [2.24, 2.45) is 0 Å². The summed E-state index contributed by atoms with van der Waals surface area (Å²) < 4.78 is 26.6. The molecule has 0 heterocycles. The smallest absolute Gasteiger partial charge is 0.241 e. The van der Waals surface area contributed by atoms with Crippen molar-refractivity contribution in [2.45, 2.75) is 17.9 Å². The molecule has 2 N–H and O–H groups in total. The Morgan fingerprint density at radius 3 is 2.60 bits per heavy atom. The van der Waals surface area contributed by atoms with E-state index in [0.717, 1.165) is 0 Å². The monoisotopic (exact) mass is 341 g/mol. The van der Waals surface area contributed by atoms with Crippen molar-refractivity contribution in [3.05, 3.63) is 27.8 Å². The van der Waals surface area contributed by atoms with Gasteiger partial charge in [0.25, 0.3) is 0 Å². The Morgan fingerprint density at radius 1 is 1.47 bits per heavy atom. The summed E-state index contributed by atoms with van der Waals surface area (Å²) in [4.78, 5) is 0.242. The van der Waals surface area contributed by atoms with E-state index in [1.54, 1.807) is 25.1 Å². The number of sulfonamides is 1. The van der Waals surface area contributed by atoms with Gasteiger partial charge < -0.3 is 5.11 Å². The summed E-state index contributed by atoms with van der Waals surface area (Å²) in [6.07, 6.45) is 0. The van der Waals surface area contributed by atoms with Gasteiger partial charge in [-0.25, -0.2) is 13.1 Å². The van der Waals surface area contributed by atoms with Gasteiger partial charge in [0.1, 0.15) is 0 Å². The number of hydrogen-bond acceptors (Lipinski definition) is 3. The van der Waals surface area contributed by atoms with Crippen LogP contribution in [0.3, 0.4) is 0 Å². The molecule has 0 spiro atoms. The van der Waals surface area contributed by atoms with Crippen LogP contribution in [0.1, 0.15) is 6.92 Å². The molecule has 0 saturated heterocycles. The zero-order chi connectivity index (χ0) is 11.5. The molecule has 0 aliphatic carbocycles. The molecular formula is C9H12INO3S. The average molecular weight is 341 g/mol. The number of aliphatic hydroxyl groups excluding tert-OH is 1. The highest BCUT2D eigenvalue weighted by Gasteiger charge is 2.18. The topological polar surface area (TPSA) is 66.4 Å². The minimum atomic E-state index is -3.52. The van der Waals surface area contributed by atoms with Crippen molar-refractivity contribution in [1.29, 1.82) is 0 Å². The summed E-state index contributed by atoms with van der Waals surface area (Å²) in [5, 5.41) is 8.79. The van der Waals surface area contributed by atoms with Crippen molar-refractivity contribution in [3.8, 4) is 0 Å². The summed E-state index contributed by atoms with van der Waals surface area (Å²) in [6.45, 7) is 1.38. The van der Waals surface area contributed by atoms with E-state index in [-0.39, 0.29) is 11.5 Å². The molecule has 0 aliphatic heterocycles. The van der Waals surface area contributed by atoms with Gasteiger partial charge in [0.2, 0.25) is 10.0 Å². The first-order valence-electron chi connectivity index (χ1n) is 4.35. The molecule has 0 aliphatic rings. The summed E-state index contributed by atoms with van der Waals surface area (Å²) in [5.41, 5.74) is 0. The number of rotatable bonds is 4. The maximum atomic E-state index is 11.8. The van der Waals surface area contributed by atoms with Crippen LogP contribution in [0.15, 0.2) is 29.2 Å². The first-order valence-corrected chi connectivity index (χ1v) is 6.91. The molecule has 1 aromatic carbocycles. The molecule has 0 bridgehead atoms. The molecule has 0 amide bonds. The van der Waals surface area contributed by atoms with Crippen LogP contribution >= 0.6 is 22.6 Å². The lowest BCUT2D eigenvalue weighted by atomic mass is 10.4. The standard InChI is InChI=1S/C9H12INO3S/c1-7(6-12)11-15(13,14)9-5-3-2-4-8(9)10/h2-5,7,11-12H,6H2,1H3/t7-/m0/s1. The van der Waals surface area contributed by atoms with Crippen molar-refractivity contribution >= 4 is 32.6 Å². The predicted octanol–water partition coefficient (Wildman–Crippen LogP) is 0.950. The summed E-state index contributed by atoms with van der Waals surface area (Å²) in [6, 6.07) is 6.22. The molecule has 84 valence electrons. The van der Waals surface area contributed by atoms with Crippen LogP contribution in [0.5, 0.6) is 0 Å². The highest BCUT2D eigenvalue weighted by molar-refractivity contribution is 14.1. The Kier molecular flexibility index (Phi) is 4.50. The SMILES string of the molecule is C[C@@H](CO)NS(=O)(=O)c1ccccc1I. The van der Waals surface area contributed by atoms with Gasteiger partial charge in [-0.05, 0) is 41.6 Å². The lowest BCUT2D eigenvalue weighted by Crippen LogP contribution is -2.35. The molecule has 15 heavy (non-hydrogen) atoms. The first-order chi connectivity index (χ1) is 6.97. The third-order valence-electron chi connectivity index (χ3n) is 1.76. The van der Waals surface area contributed by atoms with Crippen molar-refractivity contribution in [2.75, 3.05) is 6.61 Å². The molecule has 4 nitrogen and oxygen atoms in total. The van der Waals surface area contributed by atoms with Gasteiger partial charge in [0.15, 0.2) is 0 Å². The quantitative estimate of drug-likeness (QED) is 0.802. The maximum Gasteiger partial charge on any atom is 0.241 e. The fraction of sp³-hybridized carbons (Fsp3) is 0.333. The van der Waals surface area contributed by atoms with Crippen molar-refractivity contribution in [1.82, 2.24) is 4.72 Å². The molecule has 1 aromatic rings. The molecule has 0 unspecified atom stereocenters. The Morgan fingerprint density at radius 2 is 2.07 bits per heavy atom.